The van der Waals surface area contributed by atoms with E-state index in [1.165, 1.54) is 0 Å². The number of nitrogens with two attached hydrogens (primary N) is 1. The van der Waals surface area contributed by atoms with Crippen molar-refractivity contribution in [3.63, 3.8) is 0 Å². The van der Waals surface area contributed by atoms with Gasteiger partial charge in [-0.15, -0.1) is 0 Å². The van der Waals surface area contributed by atoms with E-state index in [0.717, 1.165) is 28.6 Å². The molecule has 0 saturated heterocycles. The lowest BCUT2D eigenvalue weighted by atomic mass is 10.1. The molecule has 1 amide bonds. The van der Waals surface area contributed by atoms with Gasteiger partial charge < -0.3 is 11.1 Å². The Morgan fingerprint density at radius 1 is 1.47 bits per heavy atom. The lowest BCUT2D eigenvalue weighted by Crippen LogP contribution is -2.35. The van der Waals surface area contributed by atoms with Crippen LogP contribution in [-0.4, -0.2) is 11.9 Å². The highest BCUT2D eigenvalue weighted by Gasteiger charge is 2.13. The smallest absolute Gasteiger partial charge is 0.241 e. The zero-order chi connectivity index (χ0) is 12.8. The fourth-order valence-electron chi connectivity index (χ4n) is 1.64. The Balaban J connectivity index is 2.77. The van der Waals surface area contributed by atoms with Gasteiger partial charge in [-0.1, -0.05) is 36.2 Å². The molecule has 3 N–H and O–H groups in total. The summed E-state index contributed by atoms with van der Waals surface area (Å²) in [4.78, 5) is 11.8. The fourth-order valence-corrected chi connectivity index (χ4v) is 2.05. The fraction of sp³-hybridized carbons (Fsp3) is 0.462. The second-order valence-electron chi connectivity index (χ2n) is 4.04. The minimum absolute atomic E-state index is 0.108. The van der Waals surface area contributed by atoms with Crippen LogP contribution in [0.15, 0.2) is 22.7 Å². The number of carbonyl (C=O) groups excluding carboxylic acids is 1. The molecule has 1 atom stereocenters. The molecule has 4 heteroatoms. The lowest BCUT2D eigenvalue weighted by molar-refractivity contribution is -0.117. The predicted octanol–water partition coefficient (Wildman–Crippen LogP) is 3.08. The number of hydrogen-bond acceptors (Lipinski definition) is 2. The number of hydrogen-bond donors (Lipinski definition) is 2. The summed E-state index contributed by atoms with van der Waals surface area (Å²) >= 11 is 3.42. The van der Waals surface area contributed by atoms with Crippen molar-refractivity contribution in [3.05, 3.63) is 28.2 Å². The molecule has 1 aromatic carbocycles. The highest BCUT2D eigenvalue weighted by molar-refractivity contribution is 9.10. The van der Waals surface area contributed by atoms with Gasteiger partial charge >= 0.3 is 0 Å². The van der Waals surface area contributed by atoms with Gasteiger partial charge in [0.15, 0.2) is 0 Å². The quantitative estimate of drug-likeness (QED) is 0.878. The molecule has 1 aromatic rings. The van der Waals surface area contributed by atoms with Gasteiger partial charge in [0.2, 0.25) is 5.91 Å². The van der Waals surface area contributed by atoms with E-state index in [4.69, 9.17) is 5.73 Å². The van der Waals surface area contributed by atoms with Crippen molar-refractivity contribution < 1.29 is 4.79 Å². The first-order valence-corrected chi connectivity index (χ1v) is 6.72. The standard InChI is InChI=1S/C13H19BrN2O/c1-3-5-11(15)13(17)16-12-7-6-10(14)8-9(12)4-2/h6-8,11H,3-5,15H2,1-2H3,(H,16,17)/t11-/m0/s1. The Hall–Kier alpha value is -0.870. The molecule has 0 aromatic heterocycles. The van der Waals surface area contributed by atoms with Crippen molar-refractivity contribution in [2.45, 2.75) is 39.2 Å². The summed E-state index contributed by atoms with van der Waals surface area (Å²) in [6.45, 7) is 4.08. The van der Waals surface area contributed by atoms with Crippen molar-refractivity contribution in [1.82, 2.24) is 0 Å². The summed E-state index contributed by atoms with van der Waals surface area (Å²) in [5.41, 5.74) is 7.74. The molecule has 17 heavy (non-hydrogen) atoms. The topological polar surface area (TPSA) is 55.1 Å². The van der Waals surface area contributed by atoms with Gasteiger partial charge in [0.1, 0.15) is 0 Å². The molecule has 0 radical (unpaired) electrons. The van der Waals surface area contributed by atoms with Crippen molar-refractivity contribution in [1.29, 1.82) is 0 Å². The first kappa shape index (κ1) is 14.2. The van der Waals surface area contributed by atoms with Gasteiger partial charge in [-0.2, -0.15) is 0 Å². The normalized spacial score (nSPS) is 12.2. The van der Waals surface area contributed by atoms with E-state index in [1.807, 2.05) is 25.1 Å². The zero-order valence-corrected chi connectivity index (χ0v) is 11.9. The van der Waals surface area contributed by atoms with Crippen LogP contribution < -0.4 is 11.1 Å². The van der Waals surface area contributed by atoms with E-state index in [0.29, 0.717) is 6.42 Å². The largest absolute Gasteiger partial charge is 0.324 e. The van der Waals surface area contributed by atoms with Crippen LogP contribution in [0, 0.1) is 0 Å². The Labute approximate surface area is 111 Å². The third-order valence-electron chi connectivity index (χ3n) is 2.64. The summed E-state index contributed by atoms with van der Waals surface area (Å²) in [6.07, 6.45) is 2.50. The van der Waals surface area contributed by atoms with Gasteiger partial charge in [-0.3, -0.25) is 4.79 Å². The summed E-state index contributed by atoms with van der Waals surface area (Å²) in [5.74, 6) is -0.108. The number of amides is 1. The summed E-state index contributed by atoms with van der Waals surface area (Å²) in [7, 11) is 0. The highest BCUT2D eigenvalue weighted by Crippen LogP contribution is 2.21. The number of rotatable bonds is 5. The minimum Gasteiger partial charge on any atom is -0.324 e. The molecule has 0 bridgehead atoms. The first-order valence-electron chi connectivity index (χ1n) is 5.93. The van der Waals surface area contributed by atoms with Gasteiger partial charge in [-0.25, -0.2) is 0 Å². The molecule has 0 aliphatic heterocycles. The highest BCUT2D eigenvalue weighted by atomic mass is 79.9. The van der Waals surface area contributed by atoms with Crippen molar-refractivity contribution in [2.75, 3.05) is 5.32 Å². The van der Waals surface area contributed by atoms with Crippen LogP contribution in [-0.2, 0) is 11.2 Å². The van der Waals surface area contributed by atoms with Gasteiger partial charge in [0.05, 0.1) is 6.04 Å². The van der Waals surface area contributed by atoms with Crippen molar-refractivity contribution >= 4 is 27.5 Å². The Kier molecular flexibility index (Phi) is 5.65. The van der Waals surface area contributed by atoms with Crippen LogP contribution in [0.2, 0.25) is 0 Å². The van der Waals surface area contributed by atoms with Crippen LogP contribution in [0.25, 0.3) is 0 Å². The van der Waals surface area contributed by atoms with Crippen LogP contribution in [0.3, 0.4) is 0 Å². The van der Waals surface area contributed by atoms with Crippen molar-refractivity contribution in [3.8, 4) is 0 Å². The number of benzene rings is 1. The first-order chi connectivity index (χ1) is 8.08. The lowest BCUT2D eigenvalue weighted by Gasteiger charge is -2.14. The third-order valence-corrected chi connectivity index (χ3v) is 3.14. The monoisotopic (exact) mass is 298 g/mol. The molecule has 0 unspecified atom stereocenters. The number of anilines is 1. The van der Waals surface area contributed by atoms with Gasteiger partial charge in [0, 0.05) is 10.2 Å². The van der Waals surface area contributed by atoms with E-state index < -0.39 is 6.04 Å². The average molecular weight is 299 g/mol. The van der Waals surface area contributed by atoms with E-state index in [-0.39, 0.29) is 5.91 Å². The Morgan fingerprint density at radius 2 is 2.18 bits per heavy atom. The second-order valence-corrected chi connectivity index (χ2v) is 4.96. The number of nitrogens with one attached hydrogen (secondary N) is 1. The molecule has 0 fully saturated rings. The van der Waals surface area contributed by atoms with Gasteiger partial charge in [-0.05, 0) is 36.6 Å². The summed E-state index contributed by atoms with van der Waals surface area (Å²) < 4.78 is 1.02. The number of halogens is 1. The molecule has 3 nitrogen and oxygen atoms in total. The summed E-state index contributed by atoms with van der Waals surface area (Å²) in [6, 6.07) is 5.41. The Bertz CT molecular complexity index is 393. The number of aryl methyl sites for hydroxylation is 1. The average Bonchev–Trinajstić information content (AvgIpc) is 2.31. The Morgan fingerprint density at radius 3 is 2.76 bits per heavy atom. The maximum atomic E-state index is 11.8. The summed E-state index contributed by atoms with van der Waals surface area (Å²) in [5, 5.41) is 2.89. The SMILES string of the molecule is CCC[C@H](N)C(=O)Nc1ccc(Br)cc1CC. The molecular weight excluding hydrogens is 280 g/mol. The zero-order valence-electron chi connectivity index (χ0n) is 10.3. The van der Waals surface area contributed by atoms with Gasteiger partial charge in [0.25, 0.3) is 0 Å². The molecule has 0 aliphatic carbocycles. The van der Waals surface area contributed by atoms with E-state index >= 15 is 0 Å². The predicted molar refractivity (Wildman–Crippen MR) is 75.0 cm³/mol. The molecule has 0 spiro atoms. The van der Waals surface area contributed by atoms with Crippen molar-refractivity contribution in [2.24, 2.45) is 5.73 Å². The maximum Gasteiger partial charge on any atom is 0.241 e. The van der Waals surface area contributed by atoms with Crippen LogP contribution in [0.4, 0.5) is 5.69 Å². The third kappa shape index (κ3) is 4.13. The van der Waals surface area contributed by atoms with E-state index in [9.17, 15) is 4.79 Å². The molecule has 0 heterocycles. The second kappa shape index (κ2) is 6.77. The number of carbonyl (C=O) groups is 1. The molecule has 94 valence electrons. The maximum absolute atomic E-state index is 11.8. The molecule has 0 saturated carbocycles. The molecule has 1 rings (SSSR count). The van der Waals surface area contributed by atoms with E-state index in [1.54, 1.807) is 0 Å². The van der Waals surface area contributed by atoms with Crippen LogP contribution in [0.1, 0.15) is 32.3 Å². The van der Waals surface area contributed by atoms with Crippen LogP contribution in [0.5, 0.6) is 0 Å². The molecule has 0 aliphatic rings. The van der Waals surface area contributed by atoms with Crippen LogP contribution >= 0.6 is 15.9 Å². The molecular formula is C13H19BrN2O. The minimum atomic E-state index is -0.423. The van der Waals surface area contributed by atoms with E-state index in [2.05, 4.69) is 28.2 Å².